The Bertz CT molecular complexity index is 1030. The number of nitrogens with two attached hydrogens (primary N) is 1. The molecule has 3 aliphatic rings. The van der Waals surface area contributed by atoms with Crippen LogP contribution in [0, 0.1) is 0 Å². The van der Waals surface area contributed by atoms with Gasteiger partial charge in [-0.15, -0.1) is 0 Å². The average Bonchev–Trinajstić information content (AvgIpc) is 2.78. The highest BCUT2D eigenvalue weighted by molar-refractivity contribution is 6.01. The number of anilines is 3. The molecule has 3 N–H and O–H groups in total. The predicted molar refractivity (Wildman–Crippen MR) is 117 cm³/mol. The molecular formula is C23H27N5O2. The molecule has 2 aliphatic heterocycles. The van der Waals surface area contributed by atoms with Crippen molar-refractivity contribution >= 4 is 23.4 Å². The summed E-state index contributed by atoms with van der Waals surface area (Å²) < 4.78 is 5.64. The minimum absolute atomic E-state index is 0.157. The summed E-state index contributed by atoms with van der Waals surface area (Å²) in [6.07, 6.45) is 5.74. The number of piperidine rings is 1. The number of carbonyl (C=O) groups excluding carboxylic acids is 1. The lowest BCUT2D eigenvalue weighted by molar-refractivity contribution is -0.116. The van der Waals surface area contributed by atoms with Gasteiger partial charge in [-0.2, -0.15) is 9.97 Å². The number of methoxy groups -OCH3 is 1. The summed E-state index contributed by atoms with van der Waals surface area (Å²) in [5, 5.41) is 3.45. The zero-order valence-electron chi connectivity index (χ0n) is 17.3. The van der Waals surface area contributed by atoms with E-state index in [2.05, 4.69) is 15.2 Å². The Balaban J connectivity index is 1.69. The number of allylic oxidation sites excluding steroid dienone is 2. The molecule has 0 saturated carbocycles. The molecule has 0 amide bonds. The fourth-order valence-electron chi connectivity index (χ4n) is 4.92. The van der Waals surface area contributed by atoms with Gasteiger partial charge in [0, 0.05) is 41.9 Å². The monoisotopic (exact) mass is 405 g/mol. The smallest absolute Gasteiger partial charge is 0.229 e. The van der Waals surface area contributed by atoms with Crippen LogP contribution < -0.4 is 20.7 Å². The predicted octanol–water partition coefficient (Wildman–Crippen LogP) is 3.62. The SMILES string of the molecule is COc1ccccc1C1C2=C(CCCC2=O)Nc2nc(N3CCCCC3)nc(N)c21. The normalized spacial score (nSPS) is 21.0. The molecule has 0 spiro atoms. The molecule has 3 heterocycles. The summed E-state index contributed by atoms with van der Waals surface area (Å²) in [4.78, 5) is 24.8. The van der Waals surface area contributed by atoms with Gasteiger partial charge in [0.15, 0.2) is 5.78 Å². The largest absolute Gasteiger partial charge is 0.496 e. The number of nitrogens with zero attached hydrogens (tertiary/aromatic N) is 3. The molecular weight excluding hydrogens is 378 g/mol. The summed E-state index contributed by atoms with van der Waals surface area (Å²) in [7, 11) is 1.65. The number of Topliss-reactive ketones (excluding diaryl/α,β-unsaturated/α-hetero) is 1. The van der Waals surface area contributed by atoms with Gasteiger partial charge in [0.1, 0.15) is 17.4 Å². The Morgan fingerprint density at radius 3 is 2.70 bits per heavy atom. The van der Waals surface area contributed by atoms with E-state index in [0.29, 0.717) is 24.0 Å². The Hall–Kier alpha value is -3.09. The molecule has 30 heavy (non-hydrogen) atoms. The van der Waals surface area contributed by atoms with Gasteiger partial charge >= 0.3 is 0 Å². The van der Waals surface area contributed by atoms with Gasteiger partial charge in [-0.1, -0.05) is 18.2 Å². The minimum atomic E-state index is -0.324. The van der Waals surface area contributed by atoms with E-state index in [1.807, 2.05) is 24.3 Å². The number of fused-ring (bicyclic) bond motifs is 1. The third-order valence-electron chi connectivity index (χ3n) is 6.35. The molecule has 1 atom stereocenters. The molecule has 156 valence electrons. The number of benzene rings is 1. The molecule has 2 aromatic rings. The number of para-hydroxylation sites is 1. The third kappa shape index (κ3) is 3.09. The first-order valence-corrected chi connectivity index (χ1v) is 10.8. The van der Waals surface area contributed by atoms with Crippen molar-refractivity contribution in [3.05, 3.63) is 46.7 Å². The van der Waals surface area contributed by atoms with Crippen LogP contribution in [0.2, 0.25) is 0 Å². The van der Waals surface area contributed by atoms with Gasteiger partial charge in [0.2, 0.25) is 5.95 Å². The highest BCUT2D eigenvalue weighted by atomic mass is 16.5. The van der Waals surface area contributed by atoms with Crippen LogP contribution in [0.25, 0.3) is 0 Å². The number of aromatic nitrogens is 2. The molecule has 0 bridgehead atoms. The van der Waals surface area contributed by atoms with Crippen LogP contribution in [-0.2, 0) is 4.79 Å². The summed E-state index contributed by atoms with van der Waals surface area (Å²) in [6, 6.07) is 7.82. The van der Waals surface area contributed by atoms with Gasteiger partial charge in [-0.25, -0.2) is 0 Å². The van der Waals surface area contributed by atoms with E-state index in [4.69, 9.17) is 15.5 Å². The van der Waals surface area contributed by atoms with Crippen LogP contribution in [0.3, 0.4) is 0 Å². The van der Waals surface area contributed by atoms with Crippen LogP contribution in [0.15, 0.2) is 35.5 Å². The maximum absolute atomic E-state index is 13.0. The molecule has 1 fully saturated rings. The third-order valence-corrected chi connectivity index (χ3v) is 6.35. The molecule has 1 unspecified atom stereocenters. The van der Waals surface area contributed by atoms with Crippen molar-refractivity contribution in [2.24, 2.45) is 0 Å². The summed E-state index contributed by atoms with van der Waals surface area (Å²) in [5.74, 6) is 2.38. The van der Waals surface area contributed by atoms with Crippen molar-refractivity contribution in [2.75, 3.05) is 36.1 Å². The number of nitrogens with one attached hydrogen (secondary N) is 1. The standard InChI is InChI=1S/C23H27N5O2/c1-30-17-11-4-3-8-14(17)18-19-15(9-7-10-16(19)29)25-22-20(18)21(24)26-23(27-22)28-12-5-2-6-13-28/h3-4,8,11,18H,2,5-7,9-10,12-13H2,1H3,(H3,24,25,26,27). The molecule has 0 radical (unpaired) electrons. The fourth-order valence-corrected chi connectivity index (χ4v) is 4.92. The number of ketones is 1. The maximum atomic E-state index is 13.0. The maximum Gasteiger partial charge on any atom is 0.229 e. The first kappa shape index (κ1) is 18.9. The van der Waals surface area contributed by atoms with Crippen molar-refractivity contribution in [2.45, 2.75) is 44.4 Å². The second kappa shape index (κ2) is 7.63. The Kier molecular flexibility index (Phi) is 4.81. The molecule has 7 nitrogen and oxygen atoms in total. The van der Waals surface area contributed by atoms with Crippen LogP contribution >= 0.6 is 0 Å². The van der Waals surface area contributed by atoms with E-state index < -0.39 is 0 Å². The van der Waals surface area contributed by atoms with Gasteiger partial charge in [0.05, 0.1) is 13.0 Å². The van der Waals surface area contributed by atoms with E-state index in [-0.39, 0.29) is 11.7 Å². The second-order valence-corrected chi connectivity index (χ2v) is 8.19. The number of carbonyl (C=O) groups is 1. The van der Waals surface area contributed by atoms with Crippen LogP contribution in [0.4, 0.5) is 17.6 Å². The topological polar surface area (TPSA) is 93.4 Å². The fraction of sp³-hybridized carbons (Fsp3) is 0.435. The number of hydrogen-bond donors (Lipinski definition) is 2. The number of ether oxygens (including phenoxy) is 1. The Morgan fingerprint density at radius 1 is 1.10 bits per heavy atom. The number of rotatable bonds is 3. The lowest BCUT2D eigenvalue weighted by atomic mass is 9.76. The van der Waals surface area contributed by atoms with Crippen molar-refractivity contribution in [1.29, 1.82) is 0 Å². The zero-order chi connectivity index (χ0) is 20.7. The molecule has 1 aromatic carbocycles. The number of hydrogen-bond acceptors (Lipinski definition) is 7. The summed E-state index contributed by atoms with van der Waals surface area (Å²) >= 11 is 0. The Labute approximate surface area is 176 Å². The highest BCUT2D eigenvalue weighted by Crippen LogP contribution is 2.48. The average molecular weight is 406 g/mol. The quantitative estimate of drug-likeness (QED) is 0.805. The van der Waals surface area contributed by atoms with Crippen molar-refractivity contribution in [1.82, 2.24) is 9.97 Å². The van der Waals surface area contributed by atoms with E-state index in [1.54, 1.807) is 7.11 Å². The van der Waals surface area contributed by atoms with Crippen LogP contribution in [-0.4, -0.2) is 36.0 Å². The summed E-state index contributed by atoms with van der Waals surface area (Å²) in [6.45, 7) is 1.89. The first-order valence-electron chi connectivity index (χ1n) is 10.8. The molecule has 5 rings (SSSR count). The van der Waals surface area contributed by atoms with Gasteiger partial charge in [0.25, 0.3) is 0 Å². The van der Waals surface area contributed by atoms with E-state index in [1.165, 1.54) is 6.42 Å². The van der Waals surface area contributed by atoms with Gasteiger partial charge in [-0.05, 0) is 38.2 Å². The highest BCUT2D eigenvalue weighted by Gasteiger charge is 2.39. The van der Waals surface area contributed by atoms with Gasteiger partial charge in [-0.3, -0.25) is 4.79 Å². The first-order chi connectivity index (χ1) is 14.7. The molecule has 1 aromatic heterocycles. The summed E-state index contributed by atoms with van der Waals surface area (Å²) in [5.41, 5.74) is 9.97. The van der Waals surface area contributed by atoms with Crippen LogP contribution in [0.5, 0.6) is 5.75 Å². The van der Waals surface area contributed by atoms with Crippen molar-refractivity contribution in [3.63, 3.8) is 0 Å². The van der Waals surface area contributed by atoms with E-state index in [9.17, 15) is 4.79 Å². The van der Waals surface area contributed by atoms with Gasteiger partial charge < -0.3 is 20.7 Å². The minimum Gasteiger partial charge on any atom is -0.496 e. The van der Waals surface area contributed by atoms with E-state index in [0.717, 1.165) is 66.9 Å². The van der Waals surface area contributed by atoms with Crippen molar-refractivity contribution < 1.29 is 9.53 Å². The van der Waals surface area contributed by atoms with E-state index >= 15 is 0 Å². The van der Waals surface area contributed by atoms with Crippen LogP contribution in [0.1, 0.15) is 55.6 Å². The van der Waals surface area contributed by atoms with Crippen molar-refractivity contribution in [3.8, 4) is 5.75 Å². The second-order valence-electron chi connectivity index (χ2n) is 8.19. The number of nitrogen functional groups attached to an aromatic ring is 1. The molecule has 1 saturated heterocycles. The zero-order valence-corrected chi connectivity index (χ0v) is 17.3. The lowest BCUT2D eigenvalue weighted by Crippen LogP contribution is -2.33. The Morgan fingerprint density at radius 2 is 1.90 bits per heavy atom. The molecule has 1 aliphatic carbocycles. The lowest BCUT2D eigenvalue weighted by Gasteiger charge is -2.35. The molecule has 7 heteroatoms.